The predicted octanol–water partition coefficient (Wildman–Crippen LogP) is 3.13. The third-order valence-electron chi connectivity index (χ3n) is 2.85. The Labute approximate surface area is 89.1 Å². The molecule has 74 valence electrons. The van der Waals surface area contributed by atoms with Gasteiger partial charge in [-0.15, -0.1) is 11.6 Å². The molecule has 0 heterocycles. The molecule has 0 aromatic heterocycles. The second-order valence-electron chi connectivity index (χ2n) is 3.82. The van der Waals surface area contributed by atoms with E-state index in [9.17, 15) is 4.79 Å². The van der Waals surface area contributed by atoms with Gasteiger partial charge in [-0.2, -0.15) is 0 Å². The van der Waals surface area contributed by atoms with Crippen molar-refractivity contribution in [1.29, 1.82) is 0 Å². The van der Waals surface area contributed by atoms with Crippen LogP contribution in [0.3, 0.4) is 0 Å². The first-order valence-corrected chi connectivity index (χ1v) is 5.43. The Morgan fingerprint density at radius 3 is 2.57 bits per heavy atom. The van der Waals surface area contributed by atoms with Crippen molar-refractivity contribution in [3.63, 3.8) is 0 Å². The number of Topliss-reactive ketones (excluding diaryl/α,β-unsaturated/α-hetero) is 1. The van der Waals surface area contributed by atoms with E-state index in [1.807, 2.05) is 18.2 Å². The minimum Gasteiger partial charge on any atom is -0.298 e. The lowest BCUT2D eigenvalue weighted by Gasteiger charge is -2.24. The van der Waals surface area contributed by atoms with Crippen LogP contribution in [0.2, 0.25) is 0 Å². The fourth-order valence-electron chi connectivity index (χ4n) is 2.00. The first-order chi connectivity index (χ1) is 6.77. The molecule has 14 heavy (non-hydrogen) atoms. The molecule has 1 aromatic carbocycles. The van der Waals surface area contributed by atoms with Gasteiger partial charge in [-0.3, -0.25) is 4.79 Å². The first-order valence-electron chi connectivity index (χ1n) is 4.99. The maximum Gasteiger partial charge on any atom is 0.150 e. The topological polar surface area (TPSA) is 17.1 Å². The molecular formula is C12H13ClO. The third kappa shape index (κ3) is 1.98. The Morgan fingerprint density at radius 2 is 1.93 bits per heavy atom. The minimum atomic E-state index is -0.269. The van der Waals surface area contributed by atoms with Crippen LogP contribution in [0.5, 0.6) is 0 Å². The predicted molar refractivity (Wildman–Crippen MR) is 57.7 cm³/mol. The number of carbonyl (C=O) groups is 1. The largest absolute Gasteiger partial charge is 0.298 e. The monoisotopic (exact) mass is 208 g/mol. The van der Waals surface area contributed by atoms with Gasteiger partial charge in [-0.1, -0.05) is 30.3 Å². The smallest absolute Gasteiger partial charge is 0.150 e. The molecule has 2 atom stereocenters. The Morgan fingerprint density at radius 1 is 1.21 bits per heavy atom. The van der Waals surface area contributed by atoms with E-state index in [0.717, 1.165) is 12.8 Å². The maximum absolute atomic E-state index is 11.2. The van der Waals surface area contributed by atoms with Crippen LogP contribution < -0.4 is 0 Å². The highest BCUT2D eigenvalue weighted by Crippen LogP contribution is 2.33. The van der Waals surface area contributed by atoms with E-state index < -0.39 is 0 Å². The van der Waals surface area contributed by atoms with Crippen LogP contribution >= 0.6 is 11.6 Å². The number of carbonyl (C=O) groups excluding carboxylic acids is 1. The highest BCUT2D eigenvalue weighted by Gasteiger charge is 2.27. The van der Waals surface area contributed by atoms with Crippen molar-refractivity contribution in [2.75, 3.05) is 0 Å². The van der Waals surface area contributed by atoms with Crippen LogP contribution in [0.4, 0.5) is 0 Å². The fraction of sp³-hybridized carbons (Fsp3) is 0.417. The molecule has 1 aliphatic rings. The van der Waals surface area contributed by atoms with Crippen molar-refractivity contribution < 1.29 is 4.79 Å². The van der Waals surface area contributed by atoms with Gasteiger partial charge in [0.05, 0.1) is 5.38 Å². The summed E-state index contributed by atoms with van der Waals surface area (Å²) in [6.45, 7) is 0. The second-order valence-corrected chi connectivity index (χ2v) is 4.34. The van der Waals surface area contributed by atoms with Crippen molar-refractivity contribution in [1.82, 2.24) is 0 Å². The van der Waals surface area contributed by atoms with E-state index in [2.05, 4.69) is 12.1 Å². The summed E-state index contributed by atoms with van der Waals surface area (Å²) >= 11 is 5.96. The zero-order valence-corrected chi connectivity index (χ0v) is 8.70. The van der Waals surface area contributed by atoms with E-state index >= 15 is 0 Å². The SMILES string of the molecule is O=C1CC[C@@H](c2ccccc2)C[C@H]1Cl. The standard InChI is InChI=1S/C12H13ClO/c13-11-8-10(6-7-12(11)14)9-4-2-1-3-5-9/h1-5,10-11H,6-8H2/t10-,11-/m1/s1. The van der Waals surface area contributed by atoms with Gasteiger partial charge in [0.25, 0.3) is 0 Å². The average molecular weight is 209 g/mol. The molecular weight excluding hydrogens is 196 g/mol. The fourth-order valence-corrected chi connectivity index (χ4v) is 2.32. The Kier molecular flexibility index (Phi) is 2.87. The third-order valence-corrected chi connectivity index (χ3v) is 3.27. The van der Waals surface area contributed by atoms with Crippen LogP contribution in [-0.2, 0) is 4.79 Å². The molecule has 0 unspecified atom stereocenters. The average Bonchev–Trinajstić information content (AvgIpc) is 2.23. The van der Waals surface area contributed by atoms with Crippen molar-refractivity contribution >= 4 is 17.4 Å². The van der Waals surface area contributed by atoms with Crippen LogP contribution in [0.1, 0.15) is 30.7 Å². The van der Waals surface area contributed by atoms with Crippen molar-refractivity contribution in [3.05, 3.63) is 35.9 Å². The number of hydrogen-bond acceptors (Lipinski definition) is 1. The summed E-state index contributed by atoms with van der Waals surface area (Å²) in [5.74, 6) is 0.676. The number of alkyl halides is 1. The van der Waals surface area contributed by atoms with Gasteiger partial charge >= 0.3 is 0 Å². The summed E-state index contributed by atoms with van der Waals surface area (Å²) < 4.78 is 0. The summed E-state index contributed by atoms with van der Waals surface area (Å²) in [4.78, 5) is 11.2. The number of hydrogen-bond donors (Lipinski definition) is 0. The van der Waals surface area contributed by atoms with Crippen molar-refractivity contribution in [2.45, 2.75) is 30.6 Å². The van der Waals surface area contributed by atoms with Crippen LogP contribution in [-0.4, -0.2) is 11.2 Å². The lowest BCUT2D eigenvalue weighted by Crippen LogP contribution is -2.24. The molecule has 1 aliphatic carbocycles. The molecule has 0 amide bonds. The van der Waals surface area contributed by atoms with Gasteiger partial charge in [0.2, 0.25) is 0 Å². The lowest BCUT2D eigenvalue weighted by atomic mass is 9.83. The molecule has 0 spiro atoms. The Balaban J connectivity index is 2.11. The molecule has 1 aromatic rings. The van der Waals surface area contributed by atoms with Gasteiger partial charge in [0.15, 0.2) is 5.78 Å². The molecule has 2 heteroatoms. The van der Waals surface area contributed by atoms with Crippen molar-refractivity contribution in [2.24, 2.45) is 0 Å². The van der Waals surface area contributed by atoms with Crippen LogP contribution in [0, 0.1) is 0 Å². The highest BCUT2D eigenvalue weighted by atomic mass is 35.5. The van der Waals surface area contributed by atoms with Crippen molar-refractivity contribution in [3.8, 4) is 0 Å². The van der Waals surface area contributed by atoms with Gasteiger partial charge in [0.1, 0.15) is 0 Å². The zero-order chi connectivity index (χ0) is 9.97. The highest BCUT2D eigenvalue weighted by molar-refractivity contribution is 6.31. The molecule has 2 rings (SSSR count). The number of benzene rings is 1. The molecule has 0 N–H and O–H groups in total. The molecule has 0 aliphatic heterocycles. The summed E-state index contributed by atoms with van der Waals surface area (Å²) in [7, 11) is 0. The second kappa shape index (κ2) is 4.14. The van der Waals surface area contributed by atoms with Gasteiger partial charge < -0.3 is 0 Å². The van der Waals surface area contributed by atoms with E-state index in [1.54, 1.807) is 0 Å². The molecule has 0 bridgehead atoms. The summed E-state index contributed by atoms with van der Waals surface area (Å²) in [6.07, 6.45) is 2.38. The van der Waals surface area contributed by atoms with E-state index in [1.165, 1.54) is 5.56 Å². The quantitative estimate of drug-likeness (QED) is 0.648. The summed E-state index contributed by atoms with van der Waals surface area (Å²) in [5.41, 5.74) is 1.31. The van der Waals surface area contributed by atoms with Gasteiger partial charge in [-0.05, 0) is 24.3 Å². The van der Waals surface area contributed by atoms with E-state index in [-0.39, 0.29) is 11.2 Å². The molecule has 1 nitrogen and oxygen atoms in total. The number of rotatable bonds is 1. The lowest BCUT2D eigenvalue weighted by molar-refractivity contribution is -0.120. The van der Waals surface area contributed by atoms with Gasteiger partial charge in [-0.25, -0.2) is 0 Å². The first kappa shape index (κ1) is 9.72. The summed E-state index contributed by atoms with van der Waals surface area (Å²) in [6, 6.07) is 10.3. The molecule has 0 saturated heterocycles. The normalized spacial score (nSPS) is 27.6. The molecule has 1 fully saturated rings. The van der Waals surface area contributed by atoms with E-state index in [4.69, 9.17) is 11.6 Å². The van der Waals surface area contributed by atoms with Crippen LogP contribution in [0.25, 0.3) is 0 Å². The maximum atomic E-state index is 11.2. The Bertz CT molecular complexity index is 320. The molecule has 1 saturated carbocycles. The zero-order valence-electron chi connectivity index (χ0n) is 7.95. The van der Waals surface area contributed by atoms with Gasteiger partial charge in [0, 0.05) is 6.42 Å². The summed E-state index contributed by atoms with van der Waals surface area (Å²) in [5, 5.41) is -0.269. The van der Waals surface area contributed by atoms with E-state index in [0.29, 0.717) is 12.3 Å². The Hall–Kier alpha value is -0.820. The molecule has 0 radical (unpaired) electrons. The minimum absolute atomic E-state index is 0.207. The number of ketones is 1. The number of halogens is 1. The van der Waals surface area contributed by atoms with Crippen LogP contribution in [0.15, 0.2) is 30.3 Å².